The molecule has 2 N–H and O–H groups in total. The van der Waals surface area contributed by atoms with Gasteiger partial charge in [-0.2, -0.15) is 0 Å². The monoisotopic (exact) mass is 341 g/mol. The minimum atomic E-state index is -1.18. The number of benzene rings is 1. The zero-order valence-corrected chi connectivity index (χ0v) is 13.9. The van der Waals surface area contributed by atoms with E-state index in [1.807, 2.05) is 24.3 Å². The number of nitrogens with one attached hydrogen (secondary N) is 1. The number of carboxylic acids is 1. The van der Waals surface area contributed by atoms with Gasteiger partial charge in [-0.25, -0.2) is 14.8 Å². The van der Waals surface area contributed by atoms with Gasteiger partial charge in [0.2, 0.25) is 0 Å². The zero-order chi connectivity index (χ0) is 17.9. The van der Waals surface area contributed by atoms with Crippen LogP contribution in [0.4, 0.5) is 0 Å². The van der Waals surface area contributed by atoms with Crippen LogP contribution in [0.5, 0.6) is 5.75 Å². The van der Waals surface area contributed by atoms with E-state index in [4.69, 9.17) is 9.84 Å². The van der Waals surface area contributed by atoms with E-state index >= 15 is 0 Å². The van der Waals surface area contributed by atoms with Gasteiger partial charge in [-0.1, -0.05) is 24.6 Å². The van der Waals surface area contributed by atoms with Gasteiger partial charge in [0.25, 0.3) is 5.91 Å². The normalized spacial score (nSPS) is 15.1. The Morgan fingerprint density at radius 2 is 1.88 bits per heavy atom. The third-order valence-corrected chi connectivity index (χ3v) is 4.68. The lowest BCUT2D eigenvalue weighted by molar-refractivity contribution is 0.0689. The molecular formula is C18H19N3O4. The first kappa shape index (κ1) is 16.9. The predicted molar refractivity (Wildman–Crippen MR) is 89.8 cm³/mol. The van der Waals surface area contributed by atoms with Crippen LogP contribution < -0.4 is 10.1 Å². The maximum atomic E-state index is 12.3. The second kappa shape index (κ2) is 6.88. The van der Waals surface area contributed by atoms with E-state index in [-0.39, 0.29) is 22.7 Å². The first-order valence-corrected chi connectivity index (χ1v) is 8.03. The Morgan fingerprint density at radius 1 is 1.20 bits per heavy atom. The average Bonchev–Trinajstić information content (AvgIpc) is 2.61. The van der Waals surface area contributed by atoms with Crippen molar-refractivity contribution in [2.24, 2.45) is 0 Å². The lowest BCUT2D eigenvalue weighted by Crippen LogP contribution is -2.46. The molecule has 0 spiro atoms. The van der Waals surface area contributed by atoms with E-state index in [2.05, 4.69) is 15.3 Å². The number of carbonyl (C=O) groups excluding carboxylic acids is 1. The fourth-order valence-electron chi connectivity index (χ4n) is 3.12. The van der Waals surface area contributed by atoms with Gasteiger partial charge in [-0.15, -0.1) is 0 Å². The summed E-state index contributed by atoms with van der Waals surface area (Å²) in [5.74, 6) is -0.725. The Hall–Kier alpha value is -2.96. The molecule has 3 rings (SSSR count). The van der Waals surface area contributed by atoms with E-state index in [1.54, 1.807) is 7.11 Å². The van der Waals surface area contributed by atoms with Crippen LogP contribution in [0.3, 0.4) is 0 Å². The molecule has 130 valence electrons. The molecule has 0 radical (unpaired) electrons. The van der Waals surface area contributed by atoms with Crippen molar-refractivity contribution in [3.63, 3.8) is 0 Å². The van der Waals surface area contributed by atoms with Crippen LogP contribution in [0.1, 0.15) is 45.8 Å². The highest BCUT2D eigenvalue weighted by molar-refractivity contribution is 5.92. The molecule has 1 aromatic heterocycles. The van der Waals surface area contributed by atoms with E-state index in [0.29, 0.717) is 6.54 Å². The largest absolute Gasteiger partial charge is 0.496 e. The number of hydrogen-bond acceptors (Lipinski definition) is 5. The minimum Gasteiger partial charge on any atom is -0.496 e. The highest BCUT2D eigenvalue weighted by Gasteiger charge is 2.40. The Labute approximate surface area is 145 Å². The predicted octanol–water partition coefficient (Wildman–Crippen LogP) is 2.04. The molecule has 1 saturated carbocycles. The molecule has 1 aliphatic carbocycles. The van der Waals surface area contributed by atoms with E-state index < -0.39 is 5.97 Å². The van der Waals surface area contributed by atoms with Gasteiger partial charge in [-0.05, 0) is 18.9 Å². The number of nitrogens with zero attached hydrogens (tertiary/aromatic N) is 2. The van der Waals surface area contributed by atoms with Crippen molar-refractivity contribution in [1.29, 1.82) is 0 Å². The SMILES string of the molecule is COc1ccccc1C1(CNC(=O)c2cnc(C(=O)O)cn2)CCC1. The van der Waals surface area contributed by atoms with Crippen molar-refractivity contribution in [3.8, 4) is 5.75 Å². The average molecular weight is 341 g/mol. The van der Waals surface area contributed by atoms with E-state index in [0.717, 1.165) is 36.8 Å². The molecule has 1 aliphatic rings. The molecule has 0 aliphatic heterocycles. The number of ether oxygens (including phenoxy) is 1. The molecule has 25 heavy (non-hydrogen) atoms. The third kappa shape index (κ3) is 3.31. The minimum absolute atomic E-state index is 0.0968. The first-order valence-electron chi connectivity index (χ1n) is 8.03. The molecule has 7 nitrogen and oxygen atoms in total. The van der Waals surface area contributed by atoms with Gasteiger partial charge in [0, 0.05) is 17.5 Å². The van der Waals surface area contributed by atoms with Gasteiger partial charge in [0.1, 0.15) is 11.4 Å². The number of aromatic nitrogens is 2. The first-order chi connectivity index (χ1) is 12.1. The fraction of sp³-hybridized carbons (Fsp3) is 0.333. The number of amides is 1. The molecule has 7 heteroatoms. The summed E-state index contributed by atoms with van der Waals surface area (Å²) in [6, 6.07) is 7.85. The quantitative estimate of drug-likeness (QED) is 0.834. The summed E-state index contributed by atoms with van der Waals surface area (Å²) in [5, 5.41) is 11.7. The third-order valence-electron chi connectivity index (χ3n) is 4.68. The summed E-state index contributed by atoms with van der Waals surface area (Å²) >= 11 is 0. The standard InChI is InChI=1S/C18H19N3O4/c1-25-15-6-3-2-5-12(15)18(7-4-8-18)11-21-16(22)13-9-20-14(10-19-13)17(23)24/h2-3,5-6,9-10H,4,7-8,11H2,1H3,(H,21,22)(H,23,24). The smallest absolute Gasteiger partial charge is 0.356 e. The van der Waals surface area contributed by atoms with Crippen LogP contribution in [0.25, 0.3) is 0 Å². The highest BCUT2D eigenvalue weighted by atomic mass is 16.5. The molecular weight excluding hydrogens is 322 g/mol. The number of carbonyl (C=O) groups is 2. The molecule has 1 fully saturated rings. The lowest BCUT2D eigenvalue weighted by Gasteiger charge is -2.43. The number of methoxy groups -OCH3 is 1. The summed E-state index contributed by atoms with van der Waals surface area (Å²) < 4.78 is 5.46. The highest BCUT2D eigenvalue weighted by Crippen LogP contribution is 2.46. The summed E-state index contributed by atoms with van der Waals surface area (Å²) in [7, 11) is 1.64. The summed E-state index contributed by atoms with van der Waals surface area (Å²) in [6.07, 6.45) is 5.29. The van der Waals surface area contributed by atoms with Gasteiger partial charge in [-0.3, -0.25) is 4.79 Å². The molecule has 1 aromatic carbocycles. The summed E-state index contributed by atoms with van der Waals surface area (Å²) in [6.45, 7) is 0.467. The van der Waals surface area contributed by atoms with Crippen LogP contribution >= 0.6 is 0 Å². The van der Waals surface area contributed by atoms with Crippen molar-refractivity contribution in [3.05, 3.63) is 53.6 Å². The Kier molecular flexibility index (Phi) is 4.65. The van der Waals surface area contributed by atoms with Crippen molar-refractivity contribution in [2.45, 2.75) is 24.7 Å². The number of hydrogen-bond donors (Lipinski definition) is 2. The number of rotatable bonds is 6. The van der Waals surface area contributed by atoms with E-state index in [9.17, 15) is 9.59 Å². The molecule has 0 bridgehead atoms. The van der Waals surface area contributed by atoms with Gasteiger partial charge >= 0.3 is 5.97 Å². The summed E-state index contributed by atoms with van der Waals surface area (Å²) in [5.41, 5.74) is 0.855. The number of aromatic carboxylic acids is 1. The van der Waals surface area contributed by atoms with Crippen LogP contribution in [-0.4, -0.2) is 40.6 Å². The van der Waals surface area contributed by atoms with E-state index in [1.165, 1.54) is 6.20 Å². The van der Waals surface area contributed by atoms with Crippen molar-refractivity contribution in [2.75, 3.05) is 13.7 Å². The van der Waals surface area contributed by atoms with Crippen LogP contribution in [0.15, 0.2) is 36.7 Å². The second-order valence-corrected chi connectivity index (χ2v) is 6.11. The molecule has 1 amide bonds. The topological polar surface area (TPSA) is 101 Å². The fourth-order valence-corrected chi connectivity index (χ4v) is 3.12. The van der Waals surface area contributed by atoms with Crippen LogP contribution in [0, 0.1) is 0 Å². The molecule has 2 aromatic rings. The molecule has 0 atom stereocenters. The molecule has 0 saturated heterocycles. The molecule has 0 unspecified atom stereocenters. The maximum Gasteiger partial charge on any atom is 0.356 e. The summed E-state index contributed by atoms with van der Waals surface area (Å²) in [4.78, 5) is 30.7. The second-order valence-electron chi connectivity index (χ2n) is 6.11. The van der Waals surface area contributed by atoms with Crippen LogP contribution in [0.2, 0.25) is 0 Å². The van der Waals surface area contributed by atoms with Crippen LogP contribution in [-0.2, 0) is 5.41 Å². The Bertz CT molecular complexity index is 785. The van der Waals surface area contributed by atoms with Gasteiger partial charge in [0.15, 0.2) is 5.69 Å². The van der Waals surface area contributed by atoms with Crippen molar-refractivity contribution < 1.29 is 19.4 Å². The number of para-hydroxylation sites is 1. The lowest BCUT2D eigenvalue weighted by atomic mass is 9.64. The zero-order valence-electron chi connectivity index (χ0n) is 13.9. The van der Waals surface area contributed by atoms with Gasteiger partial charge < -0.3 is 15.2 Å². The molecule has 1 heterocycles. The maximum absolute atomic E-state index is 12.3. The van der Waals surface area contributed by atoms with Gasteiger partial charge in [0.05, 0.1) is 19.5 Å². The van der Waals surface area contributed by atoms with Crippen molar-refractivity contribution in [1.82, 2.24) is 15.3 Å². The Morgan fingerprint density at radius 3 is 2.44 bits per heavy atom. The van der Waals surface area contributed by atoms with Crippen molar-refractivity contribution >= 4 is 11.9 Å². The number of carboxylic acid groups (broad SMARTS) is 1. The Balaban J connectivity index is 1.72.